The maximum absolute atomic E-state index is 13.7. The molecular formula is C24H30N3O10P. The molecule has 1 aromatic heterocycles. The first-order valence-electron chi connectivity index (χ1n) is 11.7. The molecule has 0 radical (unpaired) electrons. The Morgan fingerprint density at radius 2 is 2.00 bits per heavy atom. The molecule has 0 spiro atoms. The molecule has 1 fully saturated rings. The van der Waals surface area contributed by atoms with Gasteiger partial charge < -0.3 is 24.2 Å². The number of nitrogens with one attached hydrogen (secondary N) is 2. The van der Waals surface area contributed by atoms with Crippen molar-refractivity contribution < 1.29 is 38.1 Å². The average Bonchev–Trinajstić information content (AvgIpc) is 3.13. The smallest absolute Gasteiger partial charge is 0.459 e. The van der Waals surface area contributed by atoms with E-state index in [0.29, 0.717) is 6.42 Å². The van der Waals surface area contributed by atoms with E-state index in [-0.39, 0.29) is 11.9 Å². The lowest BCUT2D eigenvalue weighted by atomic mass is 9.95. The van der Waals surface area contributed by atoms with E-state index in [4.69, 9.17) is 24.9 Å². The van der Waals surface area contributed by atoms with E-state index >= 15 is 0 Å². The number of terminal acetylenes is 1. The largest absolute Gasteiger partial charge is 0.462 e. The van der Waals surface area contributed by atoms with Crippen LogP contribution in [0.5, 0.6) is 5.75 Å². The van der Waals surface area contributed by atoms with E-state index in [2.05, 4.69) is 5.09 Å². The van der Waals surface area contributed by atoms with Gasteiger partial charge in [-0.3, -0.25) is 23.7 Å². The highest BCUT2D eigenvalue weighted by Gasteiger charge is 2.56. The summed E-state index contributed by atoms with van der Waals surface area (Å²) in [7, 11) is -4.33. The third-order valence-corrected chi connectivity index (χ3v) is 7.44. The summed E-state index contributed by atoms with van der Waals surface area (Å²) in [5.74, 6) is 1.47. The van der Waals surface area contributed by atoms with Gasteiger partial charge in [-0.25, -0.2) is 9.36 Å². The maximum Gasteiger partial charge on any atom is 0.459 e. The highest BCUT2D eigenvalue weighted by molar-refractivity contribution is 7.52. The van der Waals surface area contributed by atoms with Gasteiger partial charge in [0.25, 0.3) is 5.56 Å². The van der Waals surface area contributed by atoms with Gasteiger partial charge in [-0.2, -0.15) is 5.09 Å². The second-order valence-corrected chi connectivity index (χ2v) is 10.4. The van der Waals surface area contributed by atoms with Gasteiger partial charge in [0.1, 0.15) is 24.0 Å². The number of aromatic amines is 1. The van der Waals surface area contributed by atoms with Crippen LogP contribution in [0.1, 0.15) is 33.4 Å². The van der Waals surface area contributed by atoms with Gasteiger partial charge in [0.05, 0.1) is 12.7 Å². The number of H-pyrrole nitrogens is 1. The standard InChI is InChI=1S/C24H30N3O10P/c1-5-15(3)35-21(30)16(4)26-38(33,37-17-10-8-7-9-11-17)34-14-18-20(29)24(32,6-2)22(36-18)27-13-12-19(28)25-23(27)31/h2,7-13,15-16,18,20,22,29,32H,5,14H2,1,3-4H3,(H,26,33)(H,25,28,31)/t15?,16-,18-,20-,22-,24-,38?/m1/s1. The third kappa shape index (κ3) is 6.60. The molecule has 0 saturated carbocycles. The molecule has 2 aromatic rings. The molecule has 38 heavy (non-hydrogen) atoms. The van der Waals surface area contributed by atoms with Gasteiger partial charge in [-0.05, 0) is 32.4 Å². The molecule has 0 aliphatic carbocycles. The van der Waals surface area contributed by atoms with Crippen molar-refractivity contribution >= 4 is 13.7 Å². The van der Waals surface area contributed by atoms with Gasteiger partial charge in [-0.15, -0.1) is 6.42 Å². The number of para-hydroxylation sites is 1. The fourth-order valence-electron chi connectivity index (χ4n) is 3.51. The number of nitrogens with zero attached hydrogens (tertiary/aromatic N) is 1. The van der Waals surface area contributed by atoms with E-state index < -0.39 is 61.7 Å². The summed E-state index contributed by atoms with van der Waals surface area (Å²) < 4.78 is 36.5. The van der Waals surface area contributed by atoms with E-state index in [1.54, 1.807) is 25.1 Å². The number of hydrogen-bond donors (Lipinski definition) is 4. The summed E-state index contributed by atoms with van der Waals surface area (Å²) in [6.45, 7) is 4.30. The molecule has 7 atom stereocenters. The summed E-state index contributed by atoms with van der Waals surface area (Å²) in [6.07, 6.45) is 1.85. The zero-order valence-corrected chi connectivity index (χ0v) is 21.9. The van der Waals surface area contributed by atoms with Gasteiger partial charge in [0.15, 0.2) is 11.8 Å². The molecule has 1 saturated heterocycles. The summed E-state index contributed by atoms with van der Waals surface area (Å²) in [5.41, 5.74) is -4.06. The lowest BCUT2D eigenvalue weighted by Crippen LogP contribution is -2.48. The molecule has 2 unspecified atom stereocenters. The number of benzene rings is 1. The maximum atomic E-state index is 13.7. The minimum Gasteiger partial charge on any atom is -0.462 e. The molecule has 3 rings (SSSR count). The van der Waals surface area contributed by atoms with E-state index in [0.717, 1.165) is 16.8 Å². The van der Waals surface area contributed by atoms with Crippen LogP contribution in [0.15, 0.2) is 52.2 Å². The first-order valence-corrected chi connectivity index (χ1v) is 13.3. The second kappa shape index (κ2) is 12.1. The average molecular weight is 551 g/mol. The van der Waals surface area contributed by atoms with Gasteiger partial charge >= 0.3 is 19.4 Å². The first kappa shape index (κ1) is 29.3. The summed E-state index contributed by atoms with van der Waals surface area (Å²) in [6, 6.07) is 7.87. The quantitative estimate of drug-likeness (QED) is 0.175. The van der Waals surface area contributed by atoms with Crippen LogP contribution >= 0.6 is 7.75 Å². The highest BCUT2D eigenvalue weighted by atomic mass is 31.2. The van der Waals surface area contributed by atoms with Gasteiger partial charge in [0.2, 0.25) is 0 Å². The van der Waals surface area contributed by atoms with Crippen LogP contribution in [-0.2, 0) is 23.4 Å². The Hall–Kier alpha value is -3.24. The molecule has 4 N–H and O–H groups in total. The van der Waals surface area contributed by atoms with Crippen LogP contribution in [0, 0.1) is 12.3 Å². The molecule has 2 heterocycles. The molecule has 206 valence electrons. The molecule has 0 bridgehead atoms. The number of aliphatic hydroxyl groups excluding tert-OH is 1. The van der Waals surface area contributed by atoms with Crippen molar-refractivity contribution in [1.29, 1.82) is 0 Å². The predicted molar refractivity (Wildman–Crippen MR) is 134 cm³/mol. The Labute approximate surface area is 218 Å². The minimum absolute atomic E-state index is 0.150. The molecular weight excluding hydrogens is 521 g/mol. The molecule has 1 aliphatic rings. The Kier molecular flexibility index (Phi) is 9.32. The zero-order chi connectivity index (χ0) is 28.1. The van der Waals surface area contributed by atoms with E-state index in [1.807, 2.05) is 17.8 Å². The summed E-state index contributed by atoms with van der Waals surface area (Å²) in [4.78, 5) is 38.1. The topological polar surface area (TPSA) is 178 Å². The number of aliphatic hydroxyl groups is 2. The van der Waals surface area contributed by atoms with Crippen molar-refractivity contribution in [2.45, 2.75) is 63.4 Å². The Morgan fingerprint density at radius 1 is 1.32 bits per heavy atom. The number of ether oxygens (including phenoxy) is 2. The SMILES string of the molecule is C#C[C@@]1(O)[C@H](O)[C@@H](COP(=O)(N[C@H](C)C(=O)OC(C)CC)Oc2ccccc2)O[C@H]1n1ccc(=O)[nH]c1=O. The first-order chi connectivity index (χ1) is 17.9. The molecule has 13 nitrogen and oxygen atoms in total. The van der Waals surface area contributed by atoms with Crippen LogP contribution < -0.4 is 20.9 Å². The number of carbonyl (C=O) groups is 1. The van der Waals surface area contributed by atoms with Crippen molar-refractivity contribution in [2.75, 3.05) is 6.61 Å². The monoisotopic (exact) mass is 551 g/mol. The van der Waals surface area contributed by atoms with Crippen molar-refractivity contribution in [3.63, 3.8) is 0 Å². The predicted octanol–water partition coefficient (Wildman–Crippen LogP) is 0.683. The lowest BCUT2D eigenvalue weighted by molar-refractivity contribution is -0.150. The van der Waals surface area contributed by atoms with Crippen LogP contribution in [0.2, 0.25) is 0 Å². The summed E-state index contributed by atoms with van der Waals surface area (Å²) >= 11 is 0. The number of hydrogen-bond acceptors (Lipinski definition) is 10. The normalized spacial score (nSPS) is 26.1. The Morgan fingerprint density at radius 3 is 2.61 bits per heavy atom. The van der Waals surface area contributed by atoms with Crippen molar-refractivity contribution in [1.82, 2.24) is 14.6 Å². The van der Waals surface area contributed by atoms with Crippen molar-refractivity contribution in [3.8, 4) is 18.1 Å². The number of aromatic nitrogens is 2. The molecule has 14 heteroatoms. The van der Waals surface area contributed by atoms with E-state index in [9.17, 15) is 29.2 Å². The van der Waals surface area contributed by atoms with Crippen LogP contribution in [-0.4, -0.2) is 62.3 Å². The molecule has 0 amide bonds. The van der Waals surface area contributed by atoms with E-state index in [1.165, 1.54) is 19.1 Å². The van der Waals surface area contributed by atoms with Gasteiger partial charge in [0, 0.05) is 12.3 Å². The van der Waals surface area contributed by atoms with Crippen LogP contribution in [0.4, 0.5) is 0 Å². The molecule has 1 aromatic carbocycles. The number of esters is 1. The van der Waals surface area contributed by atoms with Gasteiger partial charge in [-0.1, -0.05) is 31.0 Å². The van der Waals surface area contributed by atoms with Crippen LogP contribution in [0.3, 0.4) is 0 Å². The van der Waals surface area contributed by atoms with Crippen molar-refractivity contribution in [2.24, 2.45) is 0 Å². The minimum atomic E-state index is -4.33. The Bertz CT molecular complexity index is 1320. The fourth-order valence-corrected chi connectivity index (χ4v) is 5.01. The fraction of sp³-hybridized carbons (Fsp3) is 0.458. The number of rotatable bonds is 11. The molecule has 1 aliphatic heterocycles. The number of carbonyl (C=O) groups excluding carboxylic acids is 1. The second-order valence-electron chi connectivity index (χ2n) is 8.66. The summed E-state index contributed by atoms with van der Waals surface area (Å²) in [5, 5.41) is 24.2. The van der Waals surface area contributed by atoms with Crippen molar-refractivity contribution in [3.05, 3.63) is 63.4 Å². The highest BCUT2D eigenvalue weighted by Crippen LogP contribution is 2.46. The lowest BCUT2D eigenvalue weighted by Gasteiger charge is -2.26. The zero-order valence-electron chi connectivity index (χ0n) is 21.0. The van der Waals surface area contributed by atoms with Crippen LogP contribution in [0.25, 0.3) is 0 Å². The third-order valence-electron chi connectivity index (χ3n) is 5.79. The Balaban J connectivity index is 1.83.